The predicted octanol–water partition coefficient (Wildman–Crippen LogP) is 0.479. The molecule has 2 saturated carbocycles. The summed E-state index contributed by atoms with van der Waals surface area (Å²) >= 11 is 0. The summed E-state index contributed by atoms with van der Waals surface area (Å²) in [5.41, 5.74) is 0. The Balaban J connectivity index is 1.69. The second kappa shape index (κ2) is 4.55. The molecule has 0 aromatic heterocycles. The molecule has 1 aromatic carbocycles. The van der Waals surface area contributed by atoms with Gasteiger partial charge in [-0.25, -0.2) is 8.42 Å². The number of rotatable bonds is 4. The molecule has 1 unspecified atom stereocenters. The summed E-state index contributed by atoms with van der Waals surface area (Å²) in [6, 6.07) is 7.21. The number of hydrogen-bond acceptors (Lipinski definition) is 4. The maximum atomic E-state index is 12.7. The van der Waals surface area contributed by atoms with Crippen LogP contribution in [0.15, 0.2) is 35.2 Å². The van der Waals surface area contributed by atoms with E-state index in [9.17, 15) is 28.2 Å². The molecular formula is C15H15NO6S. The lowest BCUT2D eigenvalue weighted by molar-refractivity contribution is -0.155. The number of fused-ring (bicyclic) bond motifs is 5. The first-order valence-electron chi connectivity index (χ1n) is 7.40. The number of carbonyl (C=O) groups is 2. The van der Waals surface area contributed by atoms with Gasteiger partial charge in [-0.3, -0.25) is 9.59 Å². The van der Waals surface area contributed by atoms with Crippen molar-refractivity contribution in [3.05, 3.63) is 30.3 Å². The van der Waals surface area contributed by atoms with Crippen LogP contribution in [0.1, 0.15) is 6.42 Å². The van der Waals surface area contributed by atoms with Crippen LogP contribution < -0.4 is 0 Å². The van der Waals surface area contributed by atoms with Gasteiger partial charge < -0.3 is 10.2 Å². The normalized spacial score (nSPS) is 40.6. The molecule has 1 aliphatic heterocycles. The highest BCUT2D eigenvalue weighted by atomic mass is 32.2. The molecule has 2 N–H and O–H groups in total. The first kappa shape index (κ1) is 14.6. The molecule has 3 aliphatic rings. The van der Waals surface area contributed by atoms with E-state index in [0.717, 1.165) is 0 Å². The molecule has 7 nitrogen and oxygen atoms in total. The molecule has 0 amide bonds. The molecule has 8 heteroatoms. The zero-order valence-electron chi connectivity index (χ0n) is 11.9. The number of carboxylic acids is 2. The van der Waals surface area contributed by atoms with Crippen LogP contribution in [-0.4, -0.2) is 47.0 Å². The molecule has 2 aliphatic carbocycles. The quantitative estimate of drug-likeness (QED) is 0.773. The SMILES string of the molecule is O=C(O)[C@@H]1[C@H]2C[C@H]([C@@H]1C(=O)O)[C@@H]1[C@@H]2N1S(=O)(=O)c1ccccc1. The van der Waals surface area contributed by atoms with Crippen LogP contribution in [0.3, 0.4) is 0 Å². The first-order chi connectivity index (χ1) is 10.9. The third kappa shape index (κ3) is 1.82. The van der Waals surface area contributed by atoms with Crippen LogP contribution in [-0.2, 0) is 19.6 Å². The van der Waals surface area contributed by atoms with Gasteiger partial charge >= 0.3 is 11.9 Å². The van der Waals surface area contributed by atoms with E-state index in [4.69, 9.17) is 0 Å². The third-order valence-corrected chi connectivity index (χ3v) is 7.38. The van der Waals surface area contributed by atoms with Crippen LogP contribution in [0.5, 0.6) is 0 Å². The van der Waals surface area contributed by atoms with Gasteiger partial charge in [0.2, 0.25) is 10.0 Å². The Bertz CT molecular complexity index is 759. The van der Waals surface area contributed by atoms with E-state index in [1.165, 1.54) is 16.4 Å². The first-order valence-corrected chi connectivity index (χ1v) is 8.84. The van der Waals surface area contributed by atoms with Crippen LogP contribution in [0.2, 0.25) is 0 Å². The van der Waals surface area contributed by atoms with Gasteiger partial charge in [-0.1, -0.05) is 18.2 Å². The maximum absolute atomic E-state index is 12.7. The molecule has 2 bridgehead atoms. The van der Waals surface area contributed by atoms with Gasteiger partial charge in [0, 0.05) is 12.1 Å². The minimum Gasteiger partial charge on any atom is -0.481 e. The monoisotopic (exact) mass is 337 g/mol. The van der Waals surface area contributed by atoms with Crippen molar-refractivity contribution in [3.8, 4) is 0 Å². The number of sulfonamides is 1. The minimum atomic E-state index is -3.70. The molecule has 4 rings (SSSR count). The fraction of sp³-hybridized carbons (Fsp3) is 0.467. The number of carboxylic acid groups (broad SMARTS) is 2. The van der Waals surface area contributed by atoms with E-state index >= 15 is 0 Å². The maximum Gasteiger partial charge on any atom is 0.307 e. The van der Waals surface area contributed by atoms with Crippen molar-refractivity contribution in [1.82, 2.24) is 4.31 Å². The van der Waals surface area contributed by atoms with Crippen molar-refractivity contribution >= 4 is 22.0 Å². The van der Waals surface area contributed by atoms with E-state index in [1.807, 2.05) is 0 Å². The summed E-state index contributed by atoms with van der Waals surface area (Å²) in [6.07, 6.45) is 0.476. The van der Waals surface area contributed by atoms with Crippen molar-refractivity contribution in [2.24, 2.45) is 23.7 Å². The summed E-state index contributed by atoms with van der Waals surface area (Å²) in [5.74, 6) is -5.13. The van der Waals surface area contributed by atoms with Gasteiger partial charge in [-0.05, 0) is 30.4 Å². The molecule has 0 spiro atoms. The summed E-state index contributed by atoms with van der Waals surface area (Å²) in [4.78, 5) is 23.1. The molecule has 0 radical (unpaired) electrons. The van der Waals surface area contributed by atoms with E-state index in [2.05, 4.69) is 0 Å². The topological polar surface area (TPSA) is 112 Å². The molecule has 1 saturated heterocycles. The minimum absolute atomic E-state index is 0.160. The smallest absolute Gasteiger partial charge is 0.307 e. The van der Waals surface area contributed by atoms with E-state index in [1.54, 1.807) is 18.2 Å². The van der Waals surface area contributed by atoms with Crippen molar-refractivity contribution in [2.45, 2.75) is 23.4 Å². The summed E-state index contributed by atoms with van der Waals surface area (Å²) in [6.45, 7) is 0. The number of hydrogen-bond donors (Lipinski definition) is 2. The lowest BCUT2D eigenvalue weighted by Gasteiger charge is -2.22. The lowest BCUT2D eigenvalue weighted by atomic mass is 9.79. The van der Waals surface area contributed by atoms with Crippen LogP contribution in [0.25, 0.3) is 0 Å². The fourth-order valence-corrected chi connectivity index (χ4v) is 6.58. The van der Waals surface area contributed by atoms with E-state index in [-0.39, 0.29) is 17.0 Å². The lowest BCUT2D eigenvalue weighted by Crippen LogP contribution is -2.37. The molecule has 7 atom stereocenters. The zero-order chi connectivity index (χ0) is 16.5. The highest BCUT2D eigenvalue weighted by Gasteiger charge is 2.76. The molecule has 23 heavy (non-hydrogen) atoms. The number of benzene rings is 1. The summed E-state index contributed by atoms with van der Waals surface area (Å²) < 4.78 is 26.7. The van der Waals surface area contributed by atoms with Gasteiger partial charge in [0.1, 0.15) is 0 Å². The Labute approximate surface area is 132 Å². The van der Waals surface area contributed by atoms with Gasteiger partial charge in [0.05, 0.1) is 16.7 Å². The third-order valence-electron chi connectivity index (χ3n) is 5.47. The Morgan fingerprint density at radius 2 is 1.43 bits per heavy atom. The van der Waals surface area contributed by atoms with Crippen molar-refractivity contribution in [3.63, 3.8) is 0 Å². The second-order valence-electron chi connectivity index (χ2n) is 6.42. The molecule has 122 valence electrons. The van der Waals surface area contributed by atoms with E-state index in [0.29, 0.717) is 6.42 Å². The molecular weight excluding hydrogens is 322 g/mol. The Kier molecular flexibility index (Phi) is 2.90. The van der Waals surface area contributed by atoms with Gasteiger partial charge in [-0.2, -0.15) is 4.31 Å². The van der Waals surface area contributed by atoms with Crippen LogP contribution in [0, 0.1) is 23.7 Å². The average molecular weight is 337 g/mol. The van der Waals surface area contributed by atoms with Crippen molar-refractivity contribution in [2.75, 3.05) is 0 Å². The Hall–Kier alpha value is -1.93. The Morgan fingerprint density at radius 1 is 0.957 bits per heavy atom. The second-order valence-corrected chi connectivity index (χ2v) is 8.26. The van der Waals surface area contributed by atoms with Crippen molar-refractivity contribution in [1.29, 1.82) is 0 Å². The zero-order valence-corrected chi connectivity index (χ0v) is 12.8. The van der Waals surface area contributed by atoms with Crippen LogP contribution >= 0.6 is 0 Å². The average Bonchev–Trinajstić information content (AvgIpc) is 3.02. The molecule has 3 fully saturated rings. The summed E-state index contributed by atoms with van der Waals surface area (Å²) in [5, 5.41) is 18.7. The van der Waals surface area contributed by atoms with Gasteiger partial charge in [0.15, 0.2) is 0 Å². The Morgan fingerprint density at radius 3 is 1.87 bits per heavy atom. The van der Waals surface area contributed by atoms with E-state index < -0.39 is 45.6 Å². The molecule has 1 aromatic rings. The highest BCUT2D eigenvalue weighted by Crippen LogP contribution is 2.64. The molecule has 1 heterocycles. The number of piperidine rings is 1. The number of aliphatic carboxylic acids is 2. The predicted molar refractivity (Wildman–Crippen MR) is 76.9 cm³/mol. The van der Waals surface area contributed by atoms with Gasteiger partial charge in [0.25, 0.3) is 0 Å². The fourth-order valence-electron chi connectivity index (χ4n) is 4.68. The van der Waals surface area contributed by atoms with Gasteiger partial charge in [-0.15, -0.1) is 0 Å². The summed E-state index contributed by atoms with van der Waals surface area (Å²) in [7, 11) is -3.70. The standard InChI is InChI=1S/C15H15NO6S/c17-14(18)10-8-6-9(11(10)15(19)20)13-12(8)16(13)23(21,22)7-4-2-1-3-5-7/h1-5,8-13H,6H2,(H,17,18)(H,19,20)/t8-,9-,10-,11+,12-,13-,16?/m1/s1. The van der Waals surface area contributed by atoms with Crippen molar-refractivity contribution < 1.29 is 28.2 Å². The number of nitrogens with zero attached hydrogens (tertiary/aromatic N) is 1. The highest BCUT2D eigenvalue weighted by molar-refractivity contribution is 7.89. The largest absolute Gasteiger partial charge is 0.481 e. The van der Waals surface area contributed by atoms with Crippen LogP contribution in [0.4, 0.5) is 0 Å².